The molecule has 1 fully saturated rings. The van der Waals surface area contributed by atoms with Crippen LogP contribution in [0.2, 0.25) is 0 Å². The Morgan fingerprint density at radius 3 is 2.49 bits per heavy atom. The van der Waals surface area contributed by atoms with Crippen molar-refractivity contribution in [2.24, 2.45) is 0 Å². The van der Waals surface area contributed by atoms with Gasteiger partial charge in [0.2, 0.25) is 16.0 Å². The van der Waals surface area contributed by atoms with E-state index in [1.165, 1.54) is 33.0 Å². The van der Waals surface area contributed by atoms with Gasteiger partial charge in [-0.05, 0) is 62.8 Å². The Morgan fingerprint density at radius 2 is 1.76 bits per heavy atom. The first-order valence-corrected chi connectivity index (χ1v) is 14.1. The fraction of sp³-hybridized carbons (Fsp3) is 0.296. The molecule has 0 saturated carbocycles. The lowest BCUT2D eigenvalue weighted by atomic mass is 10.0. The number of rotatable bonds is 10. The van der Waals surface area contributed by atoms with Crippen molar-refractivity contribution in [3.05, 3.63) is 72.6 Å². The average molecular weight is 518 g/mol. The number of aromatic nitrogens is 3. The molecule has 1 aliphatic heterocycles. The number of hydrogen-bond donors (Lipinski definition) is 3. The van der Waals surface area contributed by atoms with E-state index in [2.05, 4.69) is 36.3 Å². The molecule has 10 heteroatoms. The van der Waals surface area contributed by atoms with Crippen LogP contribution in [0, 0.1) is 0 Å². The van der Waals surface area contributed by atoms with Crippen LogP contribution in [0.15, 0.2) is 67.0 Å². The minimum absolute atomic E-state index is 0.0690. The van der Waals surface area contributed by atoms with Crippen molar-refractivity contribution in [3.8, 4) is 11.1 Å². The number of nitrogens with one attached hydrogen (secondary N) is 3. The summed E-state index contributed by atoms with van der Waals surface area (Å²) in [4.78, 5) is 16.3. The van der Waals surface area contributed by atoms with E-state index in [1.807, 2.05) is 42.6 Å². The molecule has 192 valence electrons. The fourth-order valence-corrected chi connectivity index (χ4v) is 5.24. The van der Waals surface area contributed by atoms with E-state index in [9.17, 15) is 8.42 Å². The molecular weight excluding hydrogens is 486 g/mol. The van der Waals surface area contributed by atoms with Crippen molar-refractivity contribution in [2.75, 3.05) is 43.9 Å². The Kier molecular flexibility index (Phi) is 7.59. The van der Waals surface area contributed by atoms with Crippen molar-refractivity contribution in [3.63, 3.8) is 0 Å². The zero-order chi connectivity index (χ0) is 25.7. The van der Waals surface area contributed by atoms with E-state index in [-0.39, 0.29) is 5.75 Å². The Balaban J connectivity index is 1.30. The van der Waals surface area contributed by atoms with Crippen LogP contribution in [0.1, 0.15) is 18.4 Å². The van der Waals surface area contributed by atoms with Gasteiger partial charge in [-0.3, -0.25) is 0 Å². The zero-order valence-electron chi connectivity index (χ0n) is 20.8. The second kappa shape index (κ2) is 11.2. The van der Waals surface area contributed by atoms with Crippen LogP contribution >= 0.6 is 0 Å². The first-order chi connectivity index (χ1) is 18.0. The van der Waals surface area contributed by atoms with Crippen molar-refractivity contribution < 1.29 is 8.42 Å². The van der Waals surface area contributed by atoms with Gasteiger partial charge in [0.05, 0.1) is 11.3 Å². The first-order valence-electron chi connectivity index (χ1n) is 12.4. The van der Waals surface area contributed by atoms with E-state index in [0.29, 0.717) is 11.5 Å². The zero-order valence-corrected chi connectivity index (χ0v) is 21.6. The third-order valence-electron chi connectivity index (χ3n) is 6.50. The molecule has 4 aromatic rings. The second-order valence-corrected chi connectivity index (χ2v) is 11.1. The molecule has 0 aliphatic carbocycles. The van der Waals surface area contributed by atoms with Gasteiger partial charge in [-0.2, -0.15) is 0 Å². The van der Waals surface area contributed by atoms with E-state index < -0.39 is 10.0 Å². The predicted molar refractivity (Wildman–Crippen MR) is 148 cm³/mol. The third-order valence-corrected chi connectivity index (χ3v) is 7.83. The van der Waals surface area contributed by atoms with Gasteiger partial charge >= 0.3 is 0 Å². The highest BCUT2D eigenvalue weighted by molar-refractivity contribution is 7.88. The summed E-state index contributed by atoms with van der Waals surface area (Å²) < 4.78 is 25.9. The molecule has 0 amide bonds. The van der Waals surface area contributed by atoms with Gasteiger partial charge in [-0.15, -0.1) is 0 Å². The van der Waals surface area contributed by atoms with Crippen molar-refractivity contribution in [1.82, 2.24) is 24.6 Å². The number of nitrogens with zero attached hydrogens (tertiary/aromatic N) is 4. The van der Waals surface area contributed by atoms with E-state index in [1.54, 1.807) is 18.3 Å². The van der Waals surface area contributed by atoms with Crippen molar-refractivity contribution in [2.45, 2.75) is 18.6 Å². The molecule has 1 saturated heterocycles. The molecule has 0 radical (unpaired) electrons. The van der Waals surface area contributed by atoms with Crippen molar-refractivity contribution >= 4 is 38.4 Å². The van der Waals surface area contributed by atoms with Gasteiger partial charge < -0.3 is 15.5 Å². The van der Waals surface area contributed by atoms with E-state index in [4.69, 9.17) is 4.98 Å². The van der Waals surface area contributed by atoms with Crippen LogP contribution in [-0.2, 0) is 15.8 Å². The maximum atomic E-state index is 11.8. The van der Waals surface area contributed by atoms with Crippen LogP contribution in [0.25, 0.3) is 22.0 Å². The molecule has 2 aromatic carbocycles. The van der Waals surface area contributed by atoms with Gasteiger partial charge in [0.15, 0.2) is 0 Å². The smallest absolute Gasteiger partial charge is 0.227 e. The number of likely N-dealkylation sites (tertiary alicyclic amines) is 1. The molecule has 1 aliphatic rings. The van der Waals surface area contributed by atoms with Gasteiger partial charge in [0, 0.05) is 47.7 Å². The molecule has 5 rings (SSSR count). The molecule has 3 N–H and O–H groups in total. The number of fused-ring (bicyclic) bond motifs is 1. The van der Waals surface area contributed by atoms with Gasteiger partial charge in [0.1, 0.15) is 5.82 Å². The minimum atomic E-state index is -3.32. The topological polar surface area (TPSA) is 112 Å². The second-order valence-electron chi connectivity index (χ2n) is 9.13. The molecule has 0 bridgehead atoms. The van der Waals surface area contributed by atoms with E-state index >= 15 is 0 Å². The quantitative estimate of drug-likeness (QED) is 0.290. The molecule has 0 unspecified atom stereocenters. The Bertz CT molecular complexity index is 1450. The molecule has 3 heterocycles. The van der Waals surface area contributed by atoms with Gasteiger partial charge in [0.25, 0.3) is 0 Å². The van der Waals surface area contributed by atoms with Crippen LogP contribution in [0.3, 0.4) is 0 Å². The summed E-state index contributed by atoms with van der Waals surface area (Å²) in [6.45, 7) is 4.31. The maximum Gasteiger partial charge on any atom is 0.227 e. The number of hydrogen-bond acceptors (Lipinski definition) is 8. The average Bonchev–Trinajstić information content (AvgIpc) is 3.43. The largest absolute Gasteiger partial charge is 0.369 e. The lowest BCUT2D eigenvalue weighted by Crippen LogP contribution is -2.26. The van der Waals surface area contributed by atoms with Gasteiger partial charge in [-0.25, -0.2) is 28.1 Å². The number of pyridine rings is 1. The summed E-state index contributed by atoms with van der Waals surface area (Å²) >= 11 is 0. The summed E-state index contributed by atoms with van der Waals surface area (Å²) in [6.07, 6.45) is 6.27. The summed E-state index contributed by atoms with van der Waals surface area (Å²) in [6, 6.07) is 17.3. The number of sulfonamides is 1. The maximum absolute atomic E-state index is 11.8. The standard InChI is InChI=1S/C27H31N7O2S/c1-28-37(35,36)19-20-7-10-23(11-8-20)32-27-31-18-22-5-4-6-24(26(22)33-27)21-9-12-25(30-17-21)29-13-16-34-14-2-3-15-34/h4-12,17-18,28H,2-3,13-16,19H2,1H3,(H,29,30)(H,31,32,33). The van der Waals surface area contributed by atoms with Crippen LogP contribution in [-0.4, -0.2) is 61.5 Å². The number of para-hydroxylation sites is 1. The lowest BCUT2D eigenvalue weighted by molar-refractivity contribution is 0.352. The normalized spacial score (nSPS) is 14.2. The van der Waals surface area contributed by atoms with Crippen LogP contribution in [0.4, 0.5) is 17.5 Å². The molecule has 2 aromatic heterocycles. The highest BCUT2D eigenvalue weighted by Gasteiger charge is 2.12. The highest BCUT2D eigenvalue weighted by Crippen LogP contribution is 2.28. The Labute approximate surface area is 217 Å². The Morgan fingerprint density at radius 1 is 0.946 bits per heavy atom. The highest BCUT2D eigenvalue weighted by atomic mass is 32.2. The summed E-state index contributed by atoms with van der Waals surface area (Å²) in [5.74, 6) is 1.26. The van der Waals surface area contributed by atoms with Crippen molar-refractivity contribution in [1.29, 1.82) is 0 Å². The molecule has 0 atom stereocenters. The van der Waals surface area contributed by atoms with Crippen LogP contribution < -0.4 is 15.4 Å². The van der Waals surface area contributed by atoms with Crippen LogP contribution in [0.5, 0.6) is 0 Å². The number of anilines is 3. The fourth-order valence-electron chi connectivity index (χ4n) is 4.46. The SMILES string of the molecule is CNS(=O)(=O)Cc1ccc(Nc2ncc3cccc(-c4ccc(NCCN5CCCC5)nc4)c3n2)cc1. The van der Waals surface area contributed by atoms with E-state index in [0.717, 1.165) is 46.6 Å². The lowest BCUT2D eigenvalue weighted by Gasteiger charge is -2.15. The molecule has 9 nitrogen and oxygen atoms in total. The monoisotopic (exact) mass is 517 g/mol. The minimum Gasteiger partial charge on any atom is -0.369 e. The third kappa shape index (κ3) is 6.40. The first kappa shape index (κ1) is 25.1. The number of benzene rings is 2. The predicted octanol–water partition coefficient (Wildman–Crippen LogP) is 3.99. The molecular formula is C27H31N7O2S. The summed E-state index contributed by atoms with van der Waals surface area (Å²) in [5, 5.41) is 7.57. The van der Waals surface area contributed by atoms with Gasteiger partial charge in [-0.1, -0.05) is 30.3 Å². The summed E-state index contributed by atoms with van der Waals surface area (Å²) in [7, 11) is -1.91. The molecule has 37 heavy (non-hydrogen) atoms. The Hall–Kier alpha value is -3.60. The molecule has 0 spiro atoms. The summed E-state index contributed by atoms with van der Waals surface area (Å²) in [5.41, 5.74) is 4.26.